The molecule has 6 heteroatoms. The number of aryl methyl sites for hydroxylation is 2. The Morgan fingerprint density at radius 3 is 2.00 bits per heavy atom. The van der Waals surface area contributed by atoms with Gasteiger partial charge in [-0.25, -0.2) is 4.98 Å². The second kappa shape index (κ2) is 8.77. The van der Waals surface area contributed by atoms with Crippen LogP contribution in [0.4, 0.5) is 0 Å². The molecule has 1 aromatic heterocycles. The fraction of sp³-hybridized carbons (Fsp3) is 0.238. The Bertz CT molecular complexity index is 925. The zero-order chi connectivity index (χ0) is 19.2. The lowest BCUT2D eigenvalue weighted by Crippen LogP contribution is -2.08. The summed E-state index contributed by atoms with van der Waals surface area (Å²) in [6, 6.07) is 16.3. The van der Waals surface area contributed by atoms with Crippen LogP contribution >= 0.6 is 11.8 Å². The van der Waals surface area contributed by atoms with Crippen molar-refractivity contribution >= 4 is 17.7 Å². The molecule has 138 valence electrons. The normalized spacial score (nSPS) is 10.6. The Morgan fingerprint density at radius 1 is 0.889 bits per heavy atom. The highest BCUT2D eigenvalue weighted by Crippen LogP contribution is 2.30. The largest absolute Gasteiger partial charge is 0.465 e. The molecule has 0 aliphatic rings. The fourth-order valence-electron chi connectivity index (χ4n) is 2.52. The minimum absolute atomic E-state index is 0.159. The van der Waals surface area contributed by atoms with E-state index >= 15 is 0 Å². The first-order valence-corrected chi connectivity index (χ1v) is 9.72. The van der Waals surface area contributed by atoms with Crippen molar-refractivity contribution in [1.82, 2.24) is 15.2 Å². The van der Waals surface area contributed by atoms with E-state index in [2.05, 4.69) is 15.2 Å². The maximum atomic E-state index is 11.6. The number of nitrogens with zero attached hydrogens (tertiary/aromatic N) is 3. The molecular formula is C21H21N3O2S. The van der Waals surface area contributed by atoms with E-state index in [9.17, 15) is 4.79 Å². The van der Waals surface area contributed by atoms with Crippen LogP contribution < -0.4 is 0 Å². The van der Waals surface area contributed by atoms with E-state index < -0.39 is 0 Å². The highest BCUT2D eigenvalue weighted by atomic mass is 32.2. The lowest BCUT2D eigenvalue weighted by Gasteiger charge is -2.10. The van der Waals surface area contributed by atoms with Crippen molar-refractivity contribution < 1.29 is 9.53 Å². The zero-order valence-electron chi connectivity index (χ0n) is 15.6. The predicted molar refractivity (Wildman–Crippen MR) is 108 cm³/mol. The molecule has 0 fully saturated rings. The SMILES string of the molecule is CCOC(=O)CSc1nnc(-c2ccc(C)cc2)c(-c2ccc(C)cc2)n1. The van der Waals surface area contributed by atoms with Crippen LogP contribution in [0.3, 0.4) is 0 Å². The molecule has 5 nitrogen and oxygen atoms in total. The molecule has 0 spiro atoms. The molecular weight excluding hydrogens is 358 g/mol. The first-order valence-electron chi connectivity index (χ1n) is 8.74. The number of esters is 1. The van der Waals surface area contributed by atoms with E-state index in [4.69, 9.17) is 4.74 Å². The second-order valence-corrected chi connectivity index (χ2v) is 7.06. The Morgan fingerprint density at radius 2 is 1.44 bits per heavy atom. The molecule has 0 unspecified atom stereocenters. The highest BCUT2D eigenvalue weighted by molar-refractivity contribution is 7.99. The lowest BCUT2D eigenvalue weighted by atomic mass is 10.0. The number of rotatable bonds is 6. The summed E-state index contributed by atoms with van der Waals surface area (Å²) in [5, 5.41) is 9.08. The van der Waals surface area contributed by atoms with Gasteiger partial charge in [0.1, 0.15) is 11.4 Å². The molecule has 3 aromatic rings. The van der Waals surface area contributed by atoms with Crippen molar-refractivity contribution in [3.05, 3.63) is 59.7 Å². The van der Waals surface area contributed by atoms with Gasteiger partial charge in [0.05, 0.1) is 12.4 Å². The minimum atomic E-state index is -0.286. The summed E-state index contributed by atoms with van der Waals surface area (Å²) in [6.45, 7) is 6.24. The van der Waals surface area contributed by atoms with Crippen LogP contribution in [0.15, 0.2) is 53.7 Å². The number of aromatic nitrogens is 3. The molecule has 0 N–H and O–H groups in total. The van der Waals surface area contributed by atoms with Crippen LogP contribution in [-0.2, 0) is 9.53 Å². The Labute approximate surface area is 163 Å². The van der Waals surface area contributed by atoms with Gasteiger partial charge < -0.3 is 4.74 Å². The van der Waals surface area contributed by atoms with Crippen molar-refractivity contribution in [3.8, 4) is 22.5 Å². The van der Waals surface area contributed by atoms with E-state index in [1.807, 2.05) is 62.4 Å². The van der Waals surface area contributed by atoms with Gasteiger partial charge in [-0.1, -0.05) is 71.4 Å². The van der Waals surface area contributed by atoms with Crippen LogP contribution in [0.25, 0.3) is 22.5 Å². The van der Waals surface area contributed by atoms with Gasteiger partial charge >= 0.3 is 5.97 Å². The number of hydrogen-bond donors (Lipinski definition) is 0. The number of hydrogen-bond acceptors (Lipinski definition) is 6. The van der Waals surface area contributed by atoms with Gasteiger partial charge in [-0.3, -0.25) is 4.79 Å². The number of benzene rings is 2. The van der Waals surface area contributed by atoms with Crippen LogP contribution in [0.5, 0.6) is 0 Å². The topological polar surface area (TPSA) is 65.0 Å². The quantitative estimate of drug-likeness (QED) is 0.465. The van der Waals surface area contributed by atoms with Gasteiger partial charge in [0.2, 0.25) is 5.16 Å². The van der Waals surface area contributed by atoms with Crippen molar-refractivity contribution in [2.45, 2.75) is 25.9 Å². The molecule has 0 aliphatic heterocycles. The third-order valence-electron chi connectivity index (χ3n) is 3.94. The van der Waals surface area contributed by atoms with E-state index in [0.29, 0.717) is 11.8 Å². The number of carbonyl (C=O) groups is 1. The molecule has 0 bridgehead atoms. The monoisotopic (exact) mass is 379 g/mol. The van der Waals surface area contributed by atoms with Gasteiger partial charge in [0.25, 0.3) is 0 Å². The van der Waals surface area contributed by atoms with Crippen LogP contribution in [0.2, 0.25) is 0 Å². The number of ether oxygens (including phenoxy) is 1. The number of thioether (sulfide) groups is 1. The minimum Gasteiger partial charge on any atom is -0.465 e. The molecule has 0 atom stereocenters. The zero-order valence-corrected chi connectivity index (χ0v) is 16.4. The molecule has 1 heterocycles. The first kappa shape index (κ1) is 19.0. The van der Waals surface area contributed by atoms with E-state index in [1.54, 1.807) is 6.92 Å². The van der Waals surface area contributed by atoms with Crippen LogP contribution in [0.1, 0.15) is 18.1 Å². The highest BCUT2D eigenvalue weighted by Gasteiger charge is 2.15. The van der Waals surface area contributed by atoms with Crippen molar-refractivity contribution in [2.24, 2.45) is 0 Å². The molecule has 0 saturated heterocycles. The van der Waals surface area contributed by atoms with Crippen LogP contribution in [-0.4, -0.2) is 33.5 Å². The summed E-state index contributed by atoms with van der Waals surface area (Å²) >= 11 is 1.23. The van der Waals surface area contributed by atoms with Crippen molar-refractivity contribution in [3.63, 3.8) is 0 Å². The molecule has 2 aromatic carbocycles. The Hall–Kier alpha value is -2.73. The predicted octanol–water partition coefficient (Wildman–Crippen LogP) is 4.48. The summed E-state index contributed by atoms with van der Waals surface area (Å²) < 4.78 is 4.96. The Balaban J connectivity index is 1.98. The first-order chi connectivity index (χ1) is 13.1. The van der Waals surface area contributed by atoms with Gasteiger partial charge in [0.15, 0.2) is 0 Å². The fourth-order valence-corrected chi connectivity index (χ4v) is 3.10. The average molecular weight is 379 g/mol. The average Bonchev–Trinajstić information content (AvgIpc) is 2.68. The smallest absolute Gasteiger partial charge is 0.316 e. The second-order valence-electron chi connectivity index (χ2n) is 6.12. The summed E-state index contributed by atoms with van der Waals surface area (Å²) in [5.41, 5.74) is 5.74. The summed E-state index contributed by atoms with van der Waals surface area (Å²) in [4.78, 5) is 16.3. The molecule has 27 heavy (non-hydrogen) atoms. The molecule has 0 amide bonds. The van der Waals surface area contributed by atoms with Gasteiger partial charge in [-0.05, 0) is 20.8 Å². The maximum absolute atomic E-state index is 11.6. The number of carbonyl (C=O) groups excluding carboxylic acids is 1. The molecule has 0 aliphatic carbocycles. The van der Waals surface area contributed by atoms with Crippen molar-refractivity contribution in [2.75, 3.05) is 12.4 Å². The molecule has 0 radical (unpaired) electrons. The van der Waals surface area contributed by atoms with Crippen molar-refractivity contribution in [1.29, 1.82) is 0 Å². The third kappa shape index (κ3) is 4.92. The molecule has 0 saturated carbocycles. The standard InChI is InChI=1S/C21H21N3O2S/c1-4-26-18(25)13-27-21-22-19(16-9-5-14(2)6-10-16)20(23-24-21)17-11-7-15(3)8-12-17/h5-12H,4,13H2,1-3H3. The third-order valence-corrected chi connectivity index (χ3v) is 4.75. The Kier molecular flexibility index (Phi) is 6.19. The lowest BCUT2D eigenvalue weighted by molar-refractivity contribution is -0.139. The summed E-state index contributed by atoms with van der Waals surface area (Å²) in [7, 11) is 0. The van der Waals surface area contributed by atoms with Gasteiger partial charge in [-0.2, -0.15) is 0 Å². The molecule has 3 rings (SSSR count). The maximum Gasteiger partial charge on any atom is 0.316 e. The van der Waals surface area contributed by atoms with E-state index in [-0.39, 0.29) is 11.7 Å². The van der Waals surface area contributed by atoms with E-state index in [0.717, 1.165) is 22.5 Å². The van der Waals surface area contributed by atoms with Gasteiger partial charge in [0, 0.05) is 11.1 Å². The summed E-state index contributed by atoms with van der Waals surface area (Å²) in [5.74, 6) is -0.127. The van der Waals surface area contributed by atoms with E-state index in [1.165, 1.54) is 22.9 Å². The van der Waals surface area contributed by atoms with Crippen LogP contribution in [0, 0.1) is 13.8 Å². The van der Waals surface area contributed by atoms with Gasteiger partial charge in [-0.15, -0.1) is 10.2 Å². The summed E-state index contributed by atoms with van der Waals surface area (Å²) in [6.07, 6.45) is 0.